The lowest BCUT2D eigenvalue weighted by Crippen LogP contribution is -2.15. The molecule has 0 unspecified atom stereocenters. The van der Waals surface area contributed by atoms with E-state index in [0.29, 0.717) is 11.9 Å². The zero-order chi connectivity index (χ0) is 12.5. The molecule has 1 aliphatic carbocycles. The van der Waals surface area contributed by atoms with Gasteiger partial charge in [-0.25, -0.2) is 5.10 Å². The molecule has 92 valence electrons. The predicted molar refractivity (Wildman–Crippen MR) is 70.0 cm³/mol. The van der Waals surface area contributed by atoms with Gasteiger partial charge in [0.25, 0.3) is 0 Å². The van der Waals surface area contributed by atoms with Crippen LogP contribution in [0.4, 0.5) is 5.95 Å². The molecule has 0 bridgehead atoms. The first-order valence-corrected chi connectivity index (χ1v) is 6.45. The Morgan fingerprint density at radius 3 is 3.11 bits per heavy atom. The fourth-order valence-corrected chi connectivity index (χ4v) is 2.48. The first-order chi connectivity index (χ1) is 8.74. The average molecular weight is 307 g/mol. The number of nitrogens with one attached hydrogen (secondary N) is 2. The summed E-state index contributed by atoms with van der Waals surface area (Å²) in [6.07, 6.45) is 2.25. The van der Waals surface area contributed by atoms with Crippen molar-refractivity contribution >= 4 is 27.8 Å². The van der Waals surface area contributed by atoms with E-state index in [1.165, 1.54) is 11.9 Å². The van der Waals surface area contributed by atoms with Gasteiger partial charge < -0.3 is 0 Å². The molecule has 1 aromatic heterocycles. The van der Waals surface area contributed by atoms with Gasteiger partial charge in [-0.1, -0.05) is 28.1 Å². The summed E-state index contributed by atoms with van der Waals surface area (Å²) in [5.41, 5.74) is 1.20. The number of aromatic nitrogens is 3. The minimum absolute atomic E-state index is 0.00303. The zero-order valence-corrected chi connectivity index (χ0v) is 11.0. The number of halogens is 1. The van der Waals surface area contributed by atoms with Gasteiger partial charge in [-0.3, -0.25) is 10.1 Å². The largest absolute Gasteiger partial charge is 0.295 e. The Labute approximate surface area is 112 Å². The van der Waals surface area contributed by atoms with E-state index in [-0.39, 0.29) is 11.8 Å². The highest BCUT2D eigenvalue weighted by molar-refractivity contribution is 9.10. The highest BCUT2D eigenvalue weighted by Gasteiger charge is 2.44. The van der Waals surface area contributed by atoms with Gasteiger partial charge in [0.15, 0.2) is 0 Å². The zero-order valence-electron chi connectivity index (χ0n) is 9.43. The molecule has 6 heteroatoms. The number of aromatic amines is 1. The maximum absolute atomic E-state index is 11.9. The van der Waals surface area contributed by atoms with E-state index in [1.807, 2.05) is 12.1 Å². The van der Waals surface area contributed by atoms with E-state index in [2.05, 4.69) is 48.6 Å². The second-order valence-electron chi connectivity index (χ2n) is 4.33. The van der Waals surface area contributed by atoms with Gasteiger partial charge >= 0.3 is 0 Å². The molecule has 1 saturated carbocycles. The van der Waals surface area contributed by atoms with Crippen molar-refractivity contribution in [2.45, 2.75) is 12.3 Å². The standard InChI is InChI=1S/C12H11BrN4O/c13-8-3-1-2-7(4-8)9-5-10(9)11(18)16-12-14-6-15-17-12/h1-4,6,9-10H,5H2,(H2,14,15,16,17,18)/t9-,10-/m0/s1. The molecule has 2 aromatic rings. The number of hydrogen-bond donors (Lipinski definition) is 2. The number of nitrogens with zero attached hydrogens (tertiary/aromatic N) is 2. The second kappa shape index (κ2) is 4.53. The van der Waals surface area contributed by atoms with Gasteiger partial charge in [0.2, 0.25) is 11.9 Å². The second-order valence-corrected chi connectivity index (χ2v) is 5.24. The van der Waals surface area contributed by atoms with Crippen LogP contribution in [0.25, 0.3) is 0 Å². The van der Waals surface area contributed by atoms with Crippen molar-refractivity contribution in [1.82, 2.24) is 15.2 Å². The first kappa shape index (κ1) is 11.4. The van der Waals surface area contributed by atoms with Crippen molar-refractivity contribution in [3.63, 3.8) is 0 Å². The number of anilines is 1. The number of rotatable bonds is 3. The van der Waals surface area contributed by atoms with Crippen LogP contribution < -0.4 is 5.32 Å². The smallest absolute Gasteiger partial charge is 0.230 e. The molecule has 1 aromatic carbocycles. The first-order valence-electron chi connectivity index (χ1n) is 5.66. The van der Waals surface area contributed by atoms with Crippen LogP contribution in [0.1, 0.15) is 17.9 Å². The van der Waals surface area contributed by atoms with E-state index >= 15 is 0 Å². The summed E-state index contributed by atoms with van der Waals surface area (Å²) in [7, 11) is 0. The number of hydrogen-bond acceptors (Lipinski definition) is 3. The van der Waals surface area contributed by atoms with Crippen molar-refractivity contribution in [3.8, 4) is 0 Å². The van der Waals surface area contributed by atoms with Crippen LogP contribution in [0.3, 0.4) is 0 Å². The van der Waals surface area contributed by atoms with Gasteiger partial charge in [-0.05, 0) is 30.0 Å². The monoisotopic (exact) mass is 306 g/mol. The Bertz CT molecular complexity index is 569. The third kappa shape index (κ3) is 2.28. The maximum atomic E-state index is 11.9. The minimum Gasteiger partial charge on any atom is -0.295 e. The van der Waals surface area contributed by atoms with Crippen LogP contribution in [-0.2, 0) is 4.79 Å². The van der Waals surface area contributed by atoms with E-state index in [1.54, 1.807) is 0 Å². The van der Waals surface area contributed by atoms with Crippen molar-refractivity contribution in [2.75, 3.05) is 5.32 Å². The lowest BCUT2D eigenvalue weighted by Gasteiger charge is -2.02. The van der Waals surface area contributed by atoms with Gasteiger partial charge in [0, 0.05) is 10.4 Å². The van der Waals surface area contributed by atoms with E-state index in [0.717, 1.165) is 10.9 Å². The quantitative estimate of drug-likeness (QED) is 0.914. The van der Waals surface area contributed by atoms with Crippen LogP contribution in [0, 0.1) is 5.92 Å². The highest BCUT2D eigenvalue weighted by Crippen LogP contribution is 2.48. The van der Waals surface area contributed by atoms with Crippen LogP contribution in [0.2, 0.25) is 0 Å². The normalized spacial score (nSPS) is 21.6. The van der Waals surface area contributed by atoms with Crippen molar-refractivity contribution < 1.29 is 4.79 Å². The lowest BCUT2D eigenvalue weighted by molar-refractivity contribution is -0.117. The molecule has 3 rings (SSSR count). The third-order valence-corrected chi connectivity index (χ3v) is 3.55. The van der Waals surface area contributed by atoms with Crippen LogP contribution in [0.15, 0.2) is 35.1 Å². The van der Waals surface area contributed by atoms with Gasteiger partial charge in [-0.2, -0.15) is 10.1 Å². The Hall–Kier alpha value is -1.69. The average Bonchev–Trinajstić information content (AvgIpc) is 3.01. The topological polar surface area (TPSA) is 70.7 Å². The van der Waals surface area contributed by atoms with E-state index in [4.69, 9.17) is 0 Å². The number of amides is 1. The lowest BCUT2D eigenvalue weighted by atomic mass is 10.1. The summed E-state index contributed by atoms with van der Waals surface area (Å²) < 4.78 is 1.04. The molecule has 0 spiro atoms. The molecule has 5 nitrogen and oxygen atoms in total. The summed E-state index contributed by atoms with van der Waals surface area (Å²) in [5, 5.41) is 9.02. The minimum atomic E-state index is -0.00303. The summed E-state index contributed by atoms with van der Waals surface area (Å²) in [4.78, 5) is 15.8. The summed E-state index contributed by atoms with van der Waals surface area (Å²) >= 11 is 3.44. The Kier molecular flexibility index (Phi) is 2.87. The third-order valence-electron chi connectivity index (χ3n) is 3.06. The number of benzene rings is 1. The molecular weight excluding hydrogens is 296 g/mol. The van der Waals surface area contributed by atoms with Crippen molar-refractivity contribution in [2.24, 2.45) is 5.92 Å². The molecule has 1 heterocycles. The molecule has 1 amide bonds. The summed E-state index contributed by atoms with van der Waals surface area (Å²) in [6, 6.07) is 8.09. The van der Waals surface area contributed by atoms with Gasteiger partial charge in [0.1, 0.15) is 6.33 Å². The predicted octanol–water partition coefficient (Wildman–Crippen LogP) is 2.31. The van der Waals surface area contributed by atoms with E-state index < -0.39 is 0 Å². The van der Waals surface area contributed by atoms with Gasteiger partial charge in [-0.15, -0.1) is 0 Å². The summed E-state index contributed by atoms with van der Waals surface area (Å²) in [5.74, 6) is 0.742. The summed E-state index contributed by atoms with van der Waals surface area (Å²) in [6.45, 7) is 0. The van der Waals surface area contributed by atoms with Crippen LogP contribution in [-0.4, -0.2) is 21.1 Å². The Morgan fingerprint density at radius 1 is 1.50 bits per heavy atom. The van der Waals surface area contributed by atoms with Gasteiger partial charge in [0.05, 0.1) is 0 Å². The molecule has 1 aliphatic rings. The van der Waals surface area contributed by atoms with E-state index in [9.17, 15) is 4.79 Å². The van der Waals surface area contributed by atoms with Crippen molar-refractivity contribution in [1.29, 1.82) is 0 Å². The molecular formula is C12H11BrN4O. The molecule has 2 atom stereocenters. The fourth-order valence-electron chi connectivity index (χ4n) is 2.07. The van der Waals surface area contributed by atoms with Crippen LogP contribution in [0.5, 0.6) is 0 Å². The molecule has 18 heavy (non-hydrogen) atoms. The number of carbonyl (C=O) groups is 1. The molecule has 1 fully saturated rings. The molecule has 0 saturated heterocycles. The molecule has 2 N–H and O–H groups in total. The number of carbonyl (C=O) groups excluding carboxylic acids is 1. The Balaban J connectivity index is 1.65. The van der Waals surface area contributed by atoms with Crippen molar-refractivity contribution in [3.05, 3.63) is 40.6 Å². The fraction of sp³-hybridized carbons (Fsp3) is 0.250. The molecule has 0 radical (unpaired) electrons. The molecule has 0 aliphatic heterocycles. The highest BCUT2D eigenvalue weighted by atomic mass is 79.9. The maximum Gasteiger partial charge on any atom is 0.230 e. The SMILES string of the molecule is O=C(Nc1ncn[nH]1)[C@H]1C[C@H]1c1cccc(Br)c1. The number of H-pyrrole nitrogens is 1. The Morgan fingerprint density at radius 2 is 2.39 bits per heavy atom. The van der Waals surface area contributed by atoms with Crippen LogP contribution >= 0.6 is 15.9 Å².